The van der Waals surface area contributed by atoms with Crippen molar-refractivity contribution in [2.24, 2.45) is 5.92 Å². The van der Waals surface area contributed by atoms with Gasteiger partial charge < -0.3 is 5.11 Å². The van der Waals surface area contributed by atoms with E-state index in [-0.39, 0.29) is 12.2 Å². The molecule has 1 saturated carbocycles. The van der Waals surface area contributed by atoms with E-state index >= 15 is 0 Å². The summed E-state index contributed by atoms with van der Waals surface area (Å²) in [7, 11) is 0. The number of rotatable bonds is 5. The van der Waals surface area contributed by atoms with E-state index in [0.717, 1.165) is 24.1 Å². The van der Waals surface area contributed by atoms with Gasteiger partial charge in [0.15, 0.2) is 0 Å². The lowest BCUT2D eigenvalue weighted by atomic mass is 10.1. The molecule has 1 fully saturated rings. The van der Waals surface area contributed by atoms with Crippen molar-refractivity contribution in [3.63, 3.8) is 0 Å². The van der Waals surface area contributed by atoms with Gasteiger partial charge >= 0.3 is 0 Å². The van der Waals surface area contributed by atoms with Gasteiger partial charge in [0, 0.05) is 22.6 Å². The zero-order chi connectivity index (χ0) is 14.8. The van der Waals surface area contributed by atoms with Gasteiger partial charge in [-0.25, -0.2) is 4.68 Å². The van der Waals surface area contributed by atoms with Crippen molar-refractivity contribution in [1.29, 1.82) is 0 Å². The van der Waals surface area contributed by atoms with Crippen molar-refractivity contribution < 1.29 is 5.11 Å². The molecule has 1 aliphatic rings. The van der Waals surface area contributed by atoms with E-state index in [4.69, 9.17) is 0 Å². The zero-order valence-electron chi connectivity index (χ0n) is 12.0. The summed E-state index contributed by atoms with van der Waals surface area (Å²) in [6.07, 6.45) is 4.36. The Kier molecular flexibility index (Phi) is 4.12. The summed E-state index contributed by atoms with van der Waals surface area (Å²) >= 11 is 1.69. The second kappa shape index (κ2) is 6.03. The van der Waals surface area contributed by atoms with Crippen molar-refractivity contribution in [1.82, 2.24) is 9.78 Å². The molecule has 0 unspecified atom stereocenters. The summed E-state index contributed by atoms with van der Waals surface area (Å²) in [6, 6.07) is 9.77. The molecule has 0 spiro atoms. The molecule has 3 rings (SSSR count). The van der Waals surface area contributed by atoms with Crippen LogP contribution in [-0.2, 0) is 13.2 Å². The molecule has 1 heterocycles. The Balaban J connectivity index is 2.01. The Morgan fingerprint density at radius 3 is 2.62 bits per heavy atom. The highest BCUT2D eigenvalue weighted by Crippen LogP contribution is 2.30. The van der Waals surface area contributed by atoms with Crippen molar-refractivity contribution in [2.45, 2.75) is 30.9 Å². The van der Waals surface area contributed by atoms with Crippen LogP contribution in [0, 0.1) is 5.92 Å². The number of aliphatic hydroxyl groups excluding tert-OH is 1. The fourth-order valence-corrected chi connectivity index (χ4v) is 2.69. The van der Waals surface area contributed by atoms with Gasteiger partial charge in [0.05, 0.1) is 12.3 Å². The molecule has 1 aromatic heterocycles. The first-order valence-electron chi connectivity index (χ1n) is 7.07. The third-order valence-corrected chi connectivity index (χ3v) is 4.48. The first-order valence-corrected chi connectivity index (χ1v) is 8.30. The fraction of sp³-hybridized carbons (Fsp3) is 0.375. The molecule has 1 N–H and O–H groups in total. The smallest absolute Gasteiger partial charge is 0.272 e. The standard InChI is InChI=1S/C16H18N2O2S/c1-21-14-6-4-12(5-7-14)15-8-13(10-19)16(20)18(17-15)9-11-2-3-11/h4-8,11,19H,2-3,9-10H2,1H3. The highest BCUT2D eigenvalue weighted by molar-refractivity contribution is 7.98. The van der Waals surface area contributed by atoms with E-state index < -0.39 is 0 Å². The molecule has 0 saturated heterocycles. The number of hydrogen-bond acceptors (Lipinski definition) is 4. The van der Waals surface area contributed by atoms with Crippen LogP contribution in [-0.4, -0.2) is 21.1 Å². The summed E-state index contributed by atoms with van der Waals surface area (Å²) < 4.78 is 1.51. The molecule has 1 aliphatic carbocycles. The summed E-state index contributed by atoms with van der Waals surface area (Å²) in [4.78, 5) is 13.4. The molecular formula is C16H18N2O2S. The maximum Gasteiger partial charge on any atom is 0.272 e. The number of hydrogen-bond donors (Lipinski definition) is 1. The minimum absolute atomic E-state index is 0.172. The first kappa shape index (κ1) is 14.4. The predicted octanol–water partition coefficient (Wildman–Crippen LogP) is 2.53. The molecule has 5 heteroatoms. The number of nitrogens with zero attached hydrogens (tertiary/aromatic N) is 2. The monoisotopic (exact) mass is 302 g/mol. The normalized spacial score (nSPS) is 14.4. The average Bonchev–Trinajstić information content (AvgIpc) is 3.33. The SMILES string of the molecule is CSc1ccc(-c2cc(CO)c(=O)n(CC3CC3)n2)cc1. The van der Waals surface area contributed by atoms with Crippen LogP contribution in [0.3, 0.4) is 0 Å². The van der Waals surface area contributed by atoms with Crippen LogP contribution in [0.15, 0.2) is 40.0 Å². The minimum atomic E-state index is -0.248. The summed E-state index contributed by atoms with van der Waals surface area (Å²) in [5.74, 6) is 0.566. The third-order valence-electron chi connectivity index (χ3n) is 3.73. The van der Waals surface area contributed by atoms with Crippen LogP contribution >= 0.6 is 11.8 Å². The lowest BCUT2D eigenvalue weighted by Crippen LogP contribution is -2.27. The summed E-state index contributed by atoms with van der Waals surface area (Å²) in [5.41, 5.74) is 1.95. The van der Waals surface area contributed by atoms with Gasteiger partial charge in [-0.3, -0.25) is 4.79 Å². The average molecular weight is 302 g/mol. The molecule has 21 heavy (non-hydrogen) atoms. The van der Waals surface area contributed by atoms with Crippen LogP contribution in [0.4, 0.5) is 0 Å². The quantitative estimate of drug-likeness (QED) is 0.862. The maximum atomic E-state index is 12.2. The Labute approximate surface area is 127 Å². The van der Waals surface area contributed by atoms with E-state index in [9.17, 15) is 9.90 Å². The van der Waals surface area contributed by atoms with Crippen LogP contribution in [0.1, 0.15) is 18.4 Å². The largest absolute Gasteiger partial charge is 0.391 e. The van der Waals surface area contributed by atoms with Gasteiger partial charge in [0.25, 0.3) is 5.56 Å². The molecule has 0 atom stereocenters. The maximum absolute atomic E-state index is 12.2. The van der Waals surface area contributed by atoms with Gasteiger partial charge in [-0.2, -0.15) is 5.10 Å². The number of thioether (sulfide) groups is 1. The minimum Gasteiger partial charge on any atom is -0.391 e. The molecule has 0 radical (unpaired) electrons. The van der Waals surface area contributed by atoms with E-state index in [0.29, 0.717) is 18.0 Å². The van der Waals surface area contributed by atoms with Gasteiger partial charge in [-0.05, 0) is 43.2 Å². The van der Waals surface area contributed by atoms with Crippen LogP contribution in [0.5, 0.6) is 0 Å². The van der Waals surface area contributed by atoms with Crippen LogP contribution in [0.25, 0.3) is 11.3 Å². The second-order valence-corrected chi connectivity index (χ2v) is 6.25. The van der Waals surface area contributed by atoms with Gasteiger partial charge in [0.1, 0.15) is 0 Å². The zero-order valence-corrected chi connectivity index (χ0v) is 12.8. The first-order chi connectivity index (χ1) is 10.2. The Morgan fingerprint density at radius 2 is 2.05 bits per heavy atom. The summed E-state index contributed by atoms with van der Waals surface area (Å²) in [5, 5.41) is 13.9. The molecule has 1 aromatic carbocycles. The topological polar surface area (TPSA) is 55.1 Å². The van der Waals surface area contributed by atoms with Gasteiger partial charge in [0.2, 0.25) is 0 Å². The molecule has 110 valence electrons. The predicted molar refractivity (Wildman–Crippen MR) is 84.4 cm³/mol. The number of benzene rings is 1. The number of aliphatic hydroxyl groups is 1. The molecule has 0 bridgehead atoms. The molecule has 2 aromatic rings. The highest BCUT2D eigenvalue weighted by Gasteiger charge is 2.23. The van der Waals surface area contributed by atoms with E-state index in [1.165, 1.54) is 9.58 Å². The number of aromatic nitrogens is 2. The molecule has 4 nitrogen and oxygen atoms in total. The third kappa shape index (κ3) is 3.19. The van der Waals surface area contributed by atoms with Crippen LogP contribution in [0.2, 0.25) is 0 Å². The van der Waals surface area contributed by atoms with Crippen molar-refractivity contribution in [3.8, 4) is 11.3 Å². The molecule has 0 amide bonds. The van der Waals surface area contributed by atoms with Crippen LogP contribution < -0.4 is 5.56 Å². The van der Waals surface area contributed by atoms with Crippen molar-refractivity contribution in [2.75, 3.05) is 6.26 Å². The van der Waals surface area contributed by atoms with Gasteiger partial charge in [-0.15, -0.1) is 11.8 Å². The highest BCUT2D eigenvalue weighted by atomic mass is 32.2. The fourth-order valence-electron chi connectivity index (χ4n) is 2.28. The molecule has 0 aliphatic heterocycles. The lowest BCUT2D eigenvalue weighted by Gasteiger charge is -2.09. The van der Waals surface area contributed by atoms with E-state index in [1.807, 2.05) is 30.5 Å². The molecular weight excluding hydrogens is 284 g/mol. The lowest BCUT2D eigenvalue weighted by molar-refractivity contribution is 0.278. The van der Waals surface area contributed by atoms with Crippen molar-refractivity contribution >= 4 is 11.8 Å². The van der Waals surface area contributed by atoms with E-state index in [1.54, 1.807) is 17.8 Å². The Bertz CT molecular complexity index is 690. The Hall–Kier alpha value is -1.59. The second-order valence-electron chi connectivity index (χ2n) is 5.37. The van der Waals surface area contributed by atoms with Gasteiger partial charge in [-0.1, -0.05) is 12.1 Å². The summed E-state index contributed by atoms with van der Waals surface area (Å²) in [6.45, 7) is 0.407. The Morgan fingerprint density at radius 1 is 1.33 bits per heavy atom. The van der Waals surface area contributed by atoms with E-state index in [2.05, 4.69) is 5.10 Å². The van der Waals surface area contributed by atoms with Crippen molar-refractivity contribution in [3.05, 3.63) is 46.2 Å².